The van der Waals surface area contributed by atoms with E-state index >= 15 is 0 Å². The van der Waals surface area contributed by atoms with Crippen LogP contribution in [0.25, 0.3) is 0 Å². The van der Waals surface area contributed by atoms with Crippen LogP contribution in [0, 0.1) is 6.92 Å². The van der Waals surface area contributed by atoms with E-state index in [2.05, 4.69) is 20.6 Å². The summed E-state index contributed by atoms with van der Waals surface area (Å²) < 4.78 is 16.6. The fraction of sp³-hybridized carbons (Fsp3) is 0.238. The number of nitrogens with zero attached hydrogens (tertiary/aromatic N) is 2. The molecule has 0 unspecified atom stereocenters. The third kappa shape index (κ3) is 4.09. The number of benzene rings is 2. The van der Waals surface area contributed by atoms with Crippen molar-refractivity contribution >= 4 is 17.5 Å². The fourth-order valence-electron chi connectivity index (χ4n) is 3.00. The highest BCUT2D eigenvalue weighted by molar-refractivity contribution is 5.61. The largest absolute Gasteiger partial charge is 0.496 e. The number of rotatable bonds is 6. The zero-order valence-electron chi connectivity index (χ0n) is 15.9. The second-order valence-corrected chi connectivity index (χ2v) is 6.37. The smallest absolute Gasteiger partial charge is 0.229 e. The Labute approximate surface area is 163 Å². The molecule has 0 amide bonds. The zero-order chi connectivity index (χ0) is 19.3. The van der Waals surface area contributed by atoms with Gasteiger partial charge < -0.3 is 24.8 Å². The van der Waals surface area contributed by atoms with Gasteiger partial charge in [0.1, 0.15) is 24.8 Å². The average molecular weight is 378 g/mol. The number of ether oxygens (including phenoxy) is 3. The first-order chi connectivity index (χ1) is 13.7. The highest BCUT2D eigenvalue weighted by Gasteiger charge is 2.12. The molecule has 0 radical (unpaired) electrons. The van der Waals surface area contributed by atoms with Gasteiger partial charge in [-0.25, -0.2) is 4.98 Å². The lowest BCUT2D eigenvalue weighted by Gasteiger charge is -2.19. The molecule has 0 atom stereocenters. The lowest BCUT2D eigenvalue weighted by molar-refractivity contribution is 0.171. The Balaban J connectivity index is 1.49. The van der Waals surface area contributed by atoms with Crippen LogP contribution in [0.5, 0.6) is 17.2 Å². The van der Waals surface area contributed by atoms with Gasteiger partial charge in [-0.1, -0.05) is 18.2 Å². The first-order valence-electron chi connectivity index (χ1n) is 9.09. The quantitative estimate of drug-likeness (QED) is 0.673. The van der Waals surface area contributed by atoms with Crippen molar-refractivity contribution in [1.82, 2.24) is 9.97 Å². The van der Waals surface area contributed by atoms with Gasteiger partial charge in [-0.3, -0.25) is 0 Å². The van der Waals surface area contributed by atoms with E-state index in [1.54, 1.807) is 7.11 Å². The molecule has 28 heavy (non-hydrogen) atoms. The van der Waals surface area contributed by atoms with Gasteiger partial charge in [0.2, 0.25) is 5.95 Å². The van der Waals surface area contributed by atoms with Crippen molar-refractivity contribution in [3.63, 3.8) is 0 Å². The van der Waals surface area contributed by atoms with Crippen LogP contribution in [-0.4, -0.2) is 30.3 Å². The predicted molar refractivity (Wildman–Crippen MR) is 108 cm³/mol. The molecule has 144 valence electrons. The average Bonchev–Trinajstić information content (AvgIpc) is 2.72. The molecule has 4 rings (SSSR count). The molecule has 2 heterocycles. The SMILES string of the molecule is COc1ccccc1CNc1cc(C)nc(Nc2ccc3c(c2)OCCO3)n1. The van der Waals surface area contributed by atoms with E-state index in [0.717, 1.165) is 40.0 Å². The molecule has 0 aliphatic carbocycles. The second kappa shape index (κ2) is 8.04. The van der Waals surface area contributed by atoms with Crippen molar-refractivity contribution < 1.29 is 14.2 Å². The van der Waals surface area contributed by atoms with Crippen LogP contribution in [0.4, 0.5) is 17.5 Å². The molecule has 0 spiro atoms. The van der Waals surface area contributed by atoms with Gasteiger partial charge in [0.05, 0.1) is 7.11 Å². The Hall–Kier alpha value is -3.48. The Morgan fingerprint density at radius 2 is 1.82 bits per heavy atom. The number of para-hydroxylation sites is 1. The van der Waals surface area contributed by atoms with Crippen LogP contribution in [-0.2, 0) is 6.54 Å². The van der Waals surface area contributed by atoms with Gasteiger partial charge in [0.25, 0.3) is 0 Å². The van der Waals surface area contributed by atoms with E-state index in [4.69, 9.17) is 14.2 Å². The minimum Gasteiger partial charge on any atom is -0.496 e. The molecule has 7 heteroatoms. The predicted octanol–water partition coefficient (Wildman–Crippen LogP) is 3.92. The minimum absolute atomic E-state index is 0.513. The monoisotopic (exact) mass is 378 g/mol. The summed E-state index contributed by atoms with van der Waals surface area (Å²) in [5.74, 6) is 3.56. The molecule has 2 N–H and O–H groups in total. The number of anilines is 3. The summed E-state index contributed by atoms with van der Waals surface area (Å²) in [7, 11) is 1.67. The summed E-state index contributed by atoms with van der Waals surface area (Å²) in [6.07, 6.45) is 0. The minimum atomic E-state index is 0.513. The lowest BCUT2D eigenvalue weighted by atomic mass is 10.2. The van der Waals surface area contributed by atoms with Crippen molar-refractivity contribution in [3.8, 4) is 17.2 Å². The summed E-state index contributed by atoms with van der Waals surface area (Å²) in [5, 5.41) is 6.57. The van der Waals surface area contributed by atoms with Crippen molar-refractivity contribution in [2.45, 2.75) is 13.5 Å². The third-order valence-corrected chi connectivity index (χ3v) is 4.31. The molecule has 3 aromatic rings. The Bertz CT molecular complexity index is 978. The van der Waals surface area contributed by atoms with Gasteiger partial charge in [0, 0.05) is 35.6 Å². The van der Waals surface area contributed by atoms with Gasteiger partial charge in [0.15, 0.2) is 11.5 Å². The molecule has 0 fully saturated rings. The van der Waals surface area contributed by atoms with E-state index in [1.807, 2.05) is 55.5 Å². The number of fused-ring (bicyclic) bond motifs is 1. The Kier molecular flexibility index (Phi) is 5.14. The van der Waals surface area contributed by atoms with Crippen molar-refractivity contribution in [2.24, 2.45) is 0 Å². The molecule has 0 saturated carbocycles. The maximum Gasteiger partial charge on any atom is 0.229 e. The number of hydrogen-bond donors (Lipinski definition) is 2. The standard InChI is InChI=1S/C21H22N4O3/c1-14-11-20(22-13-15-5-3-4-6-17(15)26-2)25-21(23-14)24-16-7-8-18-19(12-16)28-10-9-27-18/h3-8,11-12H,9-10,13H2,1-2H3,(H2,22,23,24,25). The van der Waals surface area contributed by atoms with Crippen LogP contribution >= 0.6 is 0 Å². The van der Waals surface area contributed by atoms with E-state index in [9.17, 15) is 0 Å². The molecule has 2 aromatic carbocycles. The van der Waals surface area contributed by atoms with Crippen LogP contribution in [0.3, 0.4) is 0 Å². The van der Waals surface area contributed by atoms with Crippen LogP contribution in [0.2, 0.25) is 0 Å². The van der Waals surface area contributed by atoms with Crippen molar-refractivity contribution in [2.75, 3.05) is 31.0 Å². The maximum absolute atomic E-state index is 5.63. The molecular formula is C21H22N4O3. The number of hydrogen-bond acceptors (Lipinski definition) is 7. The number of aromatic nitrogens is 2. The third-order valence-electron chi connectivity index (χ3n) is 4.31. The van der Waals surface area contributed by atoms with E-state index < -0.39 is 0 Å². The normalized spacial score (nSPS) is 12.4. The first-order valence-corrected chi connectivity index (χ1v) is 9.09. The maximum atomic E-state index is 5.63. The zero-order valence-corrected chi connectivity index (χ0v) is 15.9. The molecule has 1 aliphatic rings. The summed E-state index contributed by atoms with van der Waals surface area (Å²) >= 11 is 0. The summed E-state index contributed by atoms with van der Waals surface area (Å²) in [6.45, 7) is 3.66. The lowest BCUT2D eigenvalue weighted by Crippen LogP contribution is -2.15. The number of methoxy groups -OCH3 is 1. The second-order valence-electron chi connectivity index (χ2n) is 6.37. The summed E-state index contributed by atoms with van der Waals surface area (Å²) in [4.78, 5) is 9.04. The van der Waals surface area contributed by atoms with Crippen LogP contribution in [0.1, 0.15) is 11.3 Å². The highest BCUT2D eigenvalue weighted by atomic mass is 16.6. The van der Waals surface area contributed by atoms with Gasteiger partial charge >= 0.3 is 0 Å². The number of nitrogens with one attached hydrogen (secondary N) is 2. The van der Waals surface area contributed by atoms with Gasteiger partial charge in [-0.2, -0.15) is 4.98 Å². The molecular weight excluding hydrogens is 356 g/mol. The van der Waals surface area contributed by atoms with E-state index in [1.165, 1.54) is 0 Å². The molecule has 7 nitrogen and oxygen atoms in total. The first kappa shape index (κ1) is 17.9. The summed E-state index contributed by atoms with van der Waals surface area (Å²) in [5.41, 5.74) is 2.76. The van der Waals surface area contributed by atoms with Crippen molar-refractivity contribution in [1.29, 1.82) is 0 Å². The van der Waals surface area contributed by atoms with Gasteiger partial charge in [-0.15, -0.1) is 0 Å². The Morgan fingerprint density at radius 3 is 2.68 bits per heavy atom. The van der Waals surface area contributed by atoms with E-state index in [0.29, 0.717) is 25.7 Å². The fourth-order valence-corrected chi connectivity index (χ4v) is 3.00. The Morgan fingerprint density at radius 1 is 1.00 bits per heavy atom. The molecule has 0 saturated heterocycles. The summed E-state index contributed by atoms with van der Waals surface area (Å²) in [6, 6.07) is 15.5. The highest BCUT2D eigenvalue weighted by Crippen LogP contribution is 2.33. The molecule has 0 bridgehead atoms. The topological polar surface area (TPSA) is 77.5 Å². The van der Waals surface area contributed by atoms with Gasteiger partial charge in [-0.05, 0) is 25.1 Å². The molecule has 1 aliphatic heterocycles. The van der Waals surface area contributed by atoms with Crippen LogP contribution in [0.15, 0.2) is 48.5 Å². The van der Waals surface area contributed by atoms with Crippen LogP contribution < -0.4 is 24.8 Å². The molecule has 1 aromatic heterocycles. The van der Waals surface area contributed by atoms with Crippen molar-refractivity contribution in [3.05, 3.63) is 59.8 Å². The van der Waals surface area contributed by atoms with E-state index in [-0.39, 0.29) is 0 Å². The number of aryl methyl sites for hydroxylation is 1.